The lowest BCUT2D eigenvalue weighted by Crippen LogP contribution is -2.10. The molecule has 0 amide bonds. The SMILES string of the molecule is c1ccc(-c2ccc(-c3cccc4sc5ccc(N(c6ccccc6)c6c7ccccc7cc7oc8ccccc8c67)cc5c34)c3ccccc23)cc1. The van der Waals surface area contributed by atoms with Crippen LogP contribution in [0.25, 0.3) is 85.9 Å². The monoisotopic (exact) mass is 693 g/mol. The number of hydrogen-bond donors (Lipinski definition) is 0. The van der Waals surface area contributed by atoms with Crippen molar-refractivity contribution in [2.75, 3.05) is 4.90 Å². The van der Waals surface area contributed by atoms with E-state index in [9.17, 15) is 0 Å². The first kappa shape index (κ1) is 30.0. The Morgan fingerprint density at radius 2 is 1.06 bits per heavy atom. The van der Waals surface area contributed by atoms with Crippen LogP contribution in [0.2, 0.25) is 0 Å². The summed E-state index contributed by atoms with van der Waals surface area (Å²) in [5.74, 6) is 0. The number of hydrogen-bond acceptors (Lipinski definition) is 3. The summed E-state index contributed by atoms with van der Waals surface area (Å²) in [5, 5.41) is 9.61. The van der Waals surface area contributed by atoms with Crippen LogP contribution in [0, 0.1) is 0 Å². The fourth-order valence-electron chi connectivity index (χ4n) is 8.32. The van der Waals surface area contributed by atoms with Crippen LogP contribution in [0.15, 0.2) is 192 Å². The van der Waals surface area contributed by atoms with Crippen molar-refractivity contribution in [1.82, 2.24) is 0 Å². The van der Waals surface area contributed by atoms with Gasteiger partial charge in [-0.15, -0.1) is 11.3 Å². The maximum absolute atomic E-state index is 6.55. The molecular formula is C50H31NOS. The highest BCUT2D eigenvalue weighted by molar-refractivity contribution is 7.26. The molecule has 3 heteroatoms. The molecule has 0 aliphatic carbocycles. The Labute approximate surface area is 310 Å². The first-order valence-electron chi connectivity index (χ1n) is 18.0. The summed E-state index contributed by atoms with van der Waals surface area (Å²) in [7, 11) is 0. The largest absolute Gasteiger partial charge is 0.456 e. The van der Waals surface area contributed by atoms with Gasteiger partial charge in [0.05, 0.1) is 11.1 Å². The van der Waals surface area contributed by atoms with Gasteiger partial charge in [0.15, 0.2) is 0 Å². The average Bonchev–Trinajstić information content (AvgIpc) is 3.79. The second-order valence-corrected chi connectivity index (χ2v) is 14.7. The molecule has 0 atom stereocenters. The van der Waals surface area contributed by atoms with Crippen molar-refractivity contribution >= 4 is 92.1 Å². The van der Waals surface area contributed by atoms with Gasteiger partial charge >= 0.3 is 0 Å². The van der Waals surface area contributed by atoms with E-state index in [2.05, 4.69) is 187 Å². The lowest BCUT2D eigenvalue weighted by atomic mass is 9.90. The highest BCUT2D eigenvalue weighted by atomic mass is 32.1. The Bertz CT molecular complexity index is 3180. The summed E-state index contributed by atoms with van der Waals surface area (Å²) in [4.78, 5) is 2.43. The van der Waals surface area contributed by atoms with Crippen LogP contribution in [-0.2, 0) is 0 Å². The van der Waals surface area contributed by atoms with Crippen LogP contribution in [0.4, 0.5) is 17.1 Å². The molecular weight excluding hydrogens is 663 g/mol. The van der Waals surface area contributed by atoms with E-state index in [1.54, 1.807) is 0 Å². The standard InChI is InChI=1S/C50H31NOS/c1-3-14-32(15-4-1)36-27-28-40(39-21-10-9-20-38(36)39)41-23-13-25-47-48(41)43-31-35(26-29-46(43)53-47)51(34-17-5-2-6-18-34)50-37-19-8-7-16-33(37)30-45-49(50)42-22-11-12-24-44(42)52-45/h1-31H. The van der Waals surface area contributed by atoms with Gasteiger partial charge in [-0.3, -0.25) is 0 Å². The molecule has 11 rings (SSSR count). The third kappa shape index (κ3) is 4.71. The van der Waals surface area contributed by atoms with Gasteiger partial charge in [0.1, 0.15) is 11.2 Å². The molecule has 0 spiro atoms. The van der Waals surface area contributed by atoms with Crippen LogP contribution >= 0.6 is 11.3 Å². The molecule has 9 aromatic carbocycles. The van der Waals surface area contributed by atoms with E-state index in [1.165, 1.54) is 58.6 Å². The topological polar surface area (TPSA) is 16.4 Å². The van der Waals surface area contributed by atoms with E-state index in [0.717, 1.165) is 44.4 Å². The van der Waals surface area contributed by atoms with Gasteiger partial charge in [-0.05, 0) is 86.9 Å². The highest BCUT2D eigenvalue weighted by Gasteiger charge is 2.24. The van der Waals surface area contributed by atoms with Crippen molar-refractivity contribution in [1.29, 1.82) is 0 Å². The van der Waals surface area contributed by atoms with Crippen LogP contribution in [0.1, 0.15) is 0 Å². The highest BCUT2D eigenvalue weighted by Crippen LogP contribution is 2.49. The molecule has 0 radical (unpaired) electrons. The maximum atomic E-state index is 6.55. The zero-order valence-electron chi connectivity index (χ0n) is 28.7. The molecule has 0 N–H and O–H groups in total. The lowest BCUT2D eigenvalue weighted by Gasteiger charge is -2.28. The molecule has 0 unspecified atom stereocenters. The van der Waals surface area contributed by atoms with Crippen molar-refractivity contribution < 1.29 is 4.42 Å². The Morgan fingerprint density at radius 3 is 1.89 bits per heavy atom. The van der Waals surface area contributed by atoms with Gasteiger partial charge in [0.25, 0.3) is 0 Å². The fourth-order valence-corrected chi connectivity index (χ4v) is 9.44. The molecule has 0 bridgehead atoms. The summed E-state index contributed by atoms with van der Waals surface area (Å²) in [6.45, 7) is 0. The summed E-state index contributed by atoms with van der Waals surface area (Å²) in [6.07, 6.45) is 0. The second-order valence-electron chi connectivity index (χ2n) is 13.6. The zero-order valence-corrected chi connectivity index (χ0v) is 29.5. The van der Waals surface area contributed by atoms with Crippen molar-refractivity contribution in [2.45, 2.75) is 0 Å². The smallest absolute Gasteiger partial charge is 0.138 e. The van der Waals surface area contributed by atoms with Gasteiger partial charge in [0.2, 0.25) is 0 Å². The van der Waals surface area contributed by atoms with Gasteiger partial charge in [-0.2, -0.15) is 0 Å². The van der Waals surface area contributed by atoms with E-state index in [-0.39, 0.29) is 0 Å². The van der Waals surface area contributed by atoms with E-state index in [4.69, 9.17) is 4.42 Å². The van der Waals surface area contributed by atoms with Crippen molar-refractivity contribution in [3.8, 4) is 22.3 Å². The van der Waals surface area contributed by atoms with Gasteiger partial charge in [-0.1, -0.05) is 140 Å². The molecule has 2 heterocycles. The molecule has 2 nitrogen and oxygen atoms in total. The van der Waals surface area contributed by atoms with Crippen molar-refractivity contribution in [3.63, 3.8) is 0 Å². The van der Waals surface area contributed by atoms with Crippen LogP contribution < -0.4 is 4.90 Å². The third-order valence-corrected chi connectivity index (χ3v) is 11.8. The molecule has 2 aromatic heterocycles. The summed E-state index contributed by atoms with van der Waals surface area (Å²) in [6, 6.07) is 67.9. The predicted molar refractivity (Wildman–Crippen MR) is 227 cm³/mol. The Hall–Kier alpha value is -6.68. The molecule has 0 aliphatic rings. The van der Waals surface area contributed by atoms with Crippen molar-refractivity contribution in [3.05, 3.63) is 188 Å². The molecule has 0 fully saturated rings. The zero-order chi connectivity index (χ0) is 34.9. The molecule has 53 heavy (non-hydrogen) atoms. The number of fused-ring (bicyclic) bond motifs is 8. The fraction of sp³-hybridized carbons (Fsp3) is 0. The molecule has 0 aliphatic heterocycles. The van der Waals surface area contributed by atoms with Crippen LogP contribution in [0.5, 0.6) is 0 Å². The number of para-hydroxylation sites is 2. The number of anilines is 3. The maximum Gasteiger partial charge on any atom is 0.138 e. The number of benzene rings is 9. The normalized spacial score (nSPS) is 11.8. The molecule has 248 valence electrons. The van der Waals surface area contributed by atoms with E-state index < -0.39 is 0 Å². The quantitative estimate of drug-likeness (QED) is 0.178. The first-order chi connectivity index (χ1) is 26.3. The minimum absolute atomic E-state index is 0.885. The second kappa shape index (κ2) is 11.9. The first-order valence-corrected chi connectivity index (χ1v) is 18.8. The molecule has 0 saturated carbocycles. The number of thiophene rings is 1. The van der Waals surface area contributed by atoms with E-state index in [0.29, 0.717) is 0 Å². The Kier molecular flexibility index (Phi) is 6.76. The minimum atomic E-state index is 0.885. The van der Waals surface area contributed by atoms with E-state index in [1.807, 2.05) is 17.4 Å². The number of furan rings is 1. The predicted octanol–water partition coefficient (Wildman–Crippen LogP) is 15.1. The van der Waals surface area contributed by atoms with Gasteiger partial charge < -0.3 is 9.32 Å². The van der Waals surface area contributed by atoms with Gasteiger partial charge in [-0.25, -0.2) is 0 Å². The number of nitrogens with zero attached hydrogens (tertiary/aromatic N) is 1. The van der Waals surface area contributed by atoms with Gasteiger partial charge in [0, 0.05) is 42.3 Å². The van der Waals surface area contributed by atoms with E-state index >= 15 is 0 Å². The summed E-state index contributed by atoms with van der Waals surface area (Å²) >= 11 is 1.86. The molecule has 11 aromatic rings. The average molecular weight is 694 g/mol. The van der Waals surface area contributed by atoms with Crippen LogP contribution in [-0.4, -0.2) is 0 Å². The number of rotatable bonds is 5. The third-order valence-electron chi connectivity index (χ3n) is 10.6. The Morgan fingerprint density at radius 1 is 0.377 bits per heavy atom. The van der Waals surface area contributed by atoms with Crippen LogP contribution in [0.3, 0.4) is 0 Å². The summed E-state index contributed by atoms with van der Waals surface area (Å²) in [5.41, 5.74) is 10.1. The van der Waals surface area contributed by atoms with Crippen molar-refractivity contribution in [2.24, 2.45) is 0 Å². The summed E-state index contributed by atoms with van der Waals surface area (Å²) < 4.78 is 9.10. The lowest BCUT2D eigenvalue weighted by molar-refractivity contribution is 0.669. The molecule has 0 saturated heterocycles. The Balaban J connectivity index is 1.19. The minimum Gasteiger partial charge on any atom is -0.456 e.